The molecule has 0 spiro atoms. The SMILES string of the molecule is Cc1cc2c(cc1NCCCC(C)(C)N)OCCO2. The predicted octanol–water partition coefficient (Wildman–Crippen LogP) is 2.70. The van der Waals surface area contributed by atoms with Gasteiger partial charge in [0.15, 0.2) is 11.5 Å². The van der Waals surface area contributed by atoms with E-state index in [1.54, 1.807) is 0 Å². The summed E-state index contributed by atoms with van der Waals surface area (Å²) >= 11 is 0. The summed E-state index contributed by atoms with van der Waals surface area (Å²) in [7, 11) is 0. The highest BCUT2D eigenvalue weighted by atomic mass is 16.6. The zero-order valence-electron chi connectivity index (χ0n) is 12.1. The highest BCUT2D eigenvalue weighted by molar-refractivity contribution is 5.60. The fourth-order valence-corrected chi connectivity index (χ4v) is 2.15. The maximum absolute atomic E-state index is 5.97. The van der Waals surface area contributed by atoms with E-state index in [4.69, 9.17) is 15.2 Å². The molecule has 1 aromatic rings. The van der Waals surface area contributed by atoms with Crippen LogP contribution in [0.15, 0.2) is 12.1 Å². The summed E-state index contributed by atoms with van der Waals surface area (Å²) in [6.07, 6.45) is 2.06. The van der Waals surface area contributed by atoms with Crippen molar-refractivity contribution in [2.75, 3.05) is 25.1 Å². The van der Waals surface area contributed by atoms with E-state index in [1.165, 1.54) is 5.56 Å². The van der Waals surface area contributed by atoms with Gasteiger partial charge >= 0.3 is 0 Å². The zero-order valence-corrected chi connectivity index (χ0v) is 12.1. The van der Waals surface area contributed by atoms with E-state index < -0.39 is 0 Å². The molecule has 3 N–H and O–H groups in total. The third-order valence-corrected chi connectivity index (χ3v) is 3.20. The smallest absolute Gasteiger partial charge is 0.163 e. The van der Waals surface area contributed by atoms with Crippen molar-refractivity contribution in [3.8, 4) is 11.5 Å². The van der Waals surface area contributed by atoms with Gasteiger partial charge in [-0.3, -0.25) is 0 Å². The number of nitrogens with two attached hydrogens (primary N) is 1. The number of hydrogen-bond acceptors (Lipinski definition) is 4. The van der Waals surface area contributed by atoms with Crippen molar-refractivity contribution < 1.29 is 9.47 Å². The first-order valence-corrected chi connectivity index (χ1v) is 6.89. The second kappa shape index (κ2) is 5.70. The van der Waals surface area contributed by atoms with Crippen LogP contribution in [0.2, 0.25) is 0 Å². The zero-order chi connectivity index (χ0) is 13.9. The van der Waals surface area contributed by atoms with Crippen LogP contribution >= 0.6 is 0 Å². The van der Waals surface area contributed by atoms with E-state index in [2.05, 4.69) is 26.1 Å². The van der Waals surface area contributed by atoms with Gasteiger partial charge in [0.2, 0.25) is 0 Å². The number of anilines is 1. The standard InChI is InChI=1S/C15H24N2O2/c1-11-9-13-14(19-8-7-18-13)10-12(11)17-6-4-5-15(2,3)16/h9-10,17H,4-8,16H2,1-3H3. The molecular weight excluding hydrogens is 240 g/mol. The second-order valence-electron chi connectivity index (χ2n) is 5.83. The average Bonchev–Trinajstić information content (AvgIpc) is 2.33. The van der Waals surface area contributed by atoms with Crippen LogP contribution in [0.1, 0.15) is 32.3 Å². The Kier molecular flexibility index (Phi) is 4.20. The minimum Gasteiger partial charge on any atom is -0.486 e. The van der Waals surface area contributed by atoms with Crippen molar-refractivity contribution in [1.29, 1.82) is 0 Å². The molecule has 4 heteroatoms. The van der Waals surface area contributed by atoms with Crippen LogP contribution in [0.25, 0.3) is 0 Å². The van der Waals surface area contributed by atoms with Crippen LogP contribution in [-0.4, -0.2) is 25.3 Å². The summed E-state index contributed by atoms with van der Waals surface area (Å²) in [6, 6.07) is 4.06. The minimum absolute atomic E-state index is 0.0937. The fourth-order valence-electron chi connectivity index (χ4n) is 2.15. The van der Waals surface area contributed by atoms with E-state index in [0.29, 0.717) is 13.2 Å². The van der Waals surface area contributed by atoms with Crippen molar-refractivity contribution >= 4 is 5.69 Å². The molecule has 1 aliphatic heterocycles. The molecule has 1 heterocycles. The molecule has 0 saturated heterocycles. The second-order valence-corrected chi connectivity index (χ2v) is 5.83. The Hall–Kier alpha value is -1.42. The van der Waals surface area contributed by atoms with Crippen molar-refractivity contribution in [3.63, 3.8) is 0 Å². The van der Waals surface area contributed by atoms with Crippen LogP contribution < -0.4 is 20.5 Å². The molecule has 0 saturated carbocycles. The molecule has 0 aliphatic carbocycles. The average molecular weight is 264 g/mol. The molecule has 19 heavy (non-hydrogen) atoms. The first-order valence-electron chi connectivity index (χ1n) is 6.89. The number of hydrogen-bond donors (Lipinski definition) is 2. The van der Waals surface area contributed by atoms with Crippen molar-refractivity contribution in [2.45, 2.75) is 39.2 Å². The number of rotatable bonds is 5. The molecule has 0 unspecified atom stereocenters. The van der Waals surface area contributed by atoms with Crippen molar-refractivity contribution in [2.24, 2.45) is 5.73 Å². The quantitative estimate of drug-likeness (QED) is 0.803. The number of aryl methyl sites for hydroxylation is 1. The molecule has 0 fully saturated rings. The number of fused-ring (bicyclic) bond motifs is 1. The lowest BCUT2D eigenvalue weighted by Crippen LogP contribution is -2.32. The van der Waals surface area contributed by atoms with Crippen molar-refractivity contribution in [1.82, 2.24) is 0 Å². The van der Waals surface area contributed by atoms with Crippen molar-refractivity contribution in [3.05, 3.63) is 17.7 Å². The lowest BCUT2D eigenvalue weighted by molar-refractivity contribution is 0.171. The van der Waals surface area contributed by atoms with Gasteiger partial charge in [0.05, 0.1) is 0 Å². The molecular formula is C15H24N2O2. The van der Waals surface area contributed by atoms with Gasteiger partial charge in [0, 0.05) is 23.8 Å². The number of nitrogens with one attached hydrogen (secondary N) is 1. The Bertz CT molecular complexity index is 439. The Morgan fingerprint density at radius 2 is 1.84 bits per heavy atom. The van der Waals surface area contributed by atoms with E-state index in [-0.39, 0.29) is 5.54 Å². The lowest BCUT2D eigenvalue weighted by atomic mass is 10.0. The van der Waals surface area contributed by atoms with Crippen LogP contribution in [0.3, 0.4) is 0 Å². The topological polar surface area (TPSA) is 56.5 Å². The summed E-state index contributed by atoms with van der Waals surface area (Å²) in [5, 5.41) is 3.44. The van der Waals surface area contributed by atoms with Gasteiger partial charge in [-0.2, -0.15) is 0 Å². The molecule has 0 radical (unpaired) electrons. The highest BCUT2D eigenvalue weighted by Crippen LogP contribution is 2.35. The van der Waals surface area contributed by atoms with Gasteiger partial charge in [-0.15, -0.1) is 0 Å². The summed E-state index contributed by atoms with van der Waals surface area (Å²) in [5.41, 5.74) is 8.17. The van der Waals surface area contributed by atoms with E-state index >= 15 is 0 Å². The summed E-state index contributed by atoms with van der Waals surface area (Å²) in [5.74, 6) is 1.68. The molecule has 4 nitrogen and oxygen atoms in total. The molecule has 2 rings (SSSR count). The van der Waals surface area contributed by atoms with Gasteiger partial charge in [0.1, 0.15) is 13.2 Å². The van der Waals surface area contributed by atoms with Crippen LogP contribution in [0, 0.1) is 6.92 Å². The fraction of sp³-hybridized carbons (Fsp3) is 0.600. The first-order chi connectivity index (χ1) is 8.96. The Morgan fingerprint density at radius 3 is 2.47 bits per heavy atom. The largest absolute Gasteiger partial charge is 0.486 e. The van der Waals surface area contributed by atoms with Crippen LogP contribution in [-0.2, 0) is 0 Å². The summed E-state index contributed by atoms with van der Waals surface area (Å²) in [6.45, 7) is 8.36. The molecule has 0 amide bonds. The highest BCUT2D eigenvalue weighted by Gasteiger charge is 2.14. The summed E-state index contributed by atoms with van der Waals surface area (Å²) < 4.78 is 11.2. The molecule has 0 aromatic heterocycles. The predicted molar refractivity (Wildman–Crippen MR) is 78.2 cm³/mol. The van der Waals surface area contributed by atoms with Crippen LogP contribution in [0.5, 0.6) is 11.5 Å². The van der Waals surface area contributed by atoms with Gasteiger partial charge in [-0.25, -0.2) is 0 Å². The first kappa shape index (κ1) is 14.0. The molecule has 1 aromatic carbocycles. The normalized spacial score (nSPS) is 14.3. The number of ether oxygens (including phenoxy) is 2. The van der Waals surface area contributed by atoms with Gasteiger partial charge in [0.25, 0.3) is 0 Å². The Morgan fingerprint density at radius 1 is 1.21 bits per heavy atom. The molecule has 1 aliphatic rings. The van der Waals surface area contributed by atoms with E-state index in [9.17, 15) is 0 Å². The van der Waals surface area contributed by atoms with E-state index in [0.717, 1.165) is 36.6 Å². The third-order valence-electron chi connectivity index (χ3n) is 3.20. The minimum atomic E-state index is -0.0937. The molecule has 106 valence electrons. The van der Waals surface area contributed by atoms with Gasteiger partial charge in [-0.1, -0.05) is 0 Å². The maximum Gasteiger partial charge on any atom is 0.163 e. The summed E-state index contributed by atoms with van der Waals surface area (Å²) in [4.78, 5) is 0. The monoisotopic (exact) mass is 264 g/mol. The maximum atomic E-state index is 5.97. The van der Waals surface area contributed by atoms with Crippen LogP contribution in [0.4, 0.5) is 5.69 Å². The Balaban J connectivity index is 1.93. The van der Waals surface area contributed by atoms with Gasteiger partial charge < -0.3 is 20.5 Å². The molecule has 0 bridgehead atoms. The van der Waals surface area contributed by atoms with E-state index in [1.807, 2.05) is 12.1 Å². The molecule has 0 atom stereocenters. The Labute approximate surface area is 115 Å². The lowest BCUT2D eigenvalue weighted by Gasteiger charge is -2.21. The third kappa shape index (κ3) is 4.03. The van der Waals surface area contributed by atoms with Gasteiger partial charge in [-0.05, 0) is 45.2 Å². The number of benzene rings is 1.